The molecule has 3 heterocycles. The smallest absolute Gasteiger partial charge is 0.475 e. The summed E-state index contributed by atoms with van der Waals surface area (Å²) in [5, 5.41) is 18.9. The lowest BCUT2D eigenvalue weighted by molar-refractivity contribution is -0.192. The molecule has 3 rings (SSSR count). The number of rotatable bonds is 5. The van der Waals surface area contributed by atoms with Gasteiger partial charge in [0.25, 0.3) is 0 Å². The first-order valence-corrected chi connectivity index (χ1v) is 8.75. The van der Waals surface area contributed by atoms with E-state index in [0.29, 0.717) is 12.5 Å². The molecular weight excluding hydrogens is 381 g/mol. The minimum atomic E-state index is -5.08. The third kappa shape index (κ3) is 6.34. The van der Waals surface area contributed by atoms with Crippen LogP contribution in [0.25, 0.3) is 0 Å². The lowest BCUT2D eigenvalue weighted by Gasteiger charge is -2.14. The van der Waals surface area contributed by atoms with E-state index in [9.17, 15) is 13.2 Å². The van der Waals surface area contributed by atoms with Crippen molar-refractivity contribution >= 4 is 5.97 Å². The Morgan fingerprint density at radius 1 is 1.39 bits per heavy atom. The first kappa shape index (κ1) is 21.9. The number of carboxylic acids is 1. The number of aliphatic carboxylic acids is 1. The number of alkyl halides is 3. The van der Waals surface area contributed by atoms with Gasteiger partial charge in [0, 0.05) is 25.4 Å². The van der Waals surface area contributed by atoms with Gasteiger partial charge in [-0.3, -0.25) is 0 Å². The number of carbonyl (C=O) groups is 1. The molecule has 0 aliphatic carbocycles. The summed E-state index contributed by atoms with van der Waals surface area (Å²) in [7, 11) is 0. The van der Waals surface area contributed by atoms with Crippen molar-refractivity contribution in [2.45, 2.75) is 46.1 Å². The van der Waals surface area contributed by atoms with Crippen molar-refractivity contribution in [1.29, 1.82) is 0 Å². The van der Waals surface area contributed by atoms with Gasteiger partial charge in [0.15, 0.2) is 0 Å². The van der Waals surface area contributed by atoms with Crippen molar-refractivity contribution in [2.75, 3.05) is 13.2 Å². The Morgan fingerprint density at radius 2 is 2.07 bits per heavy atom. The van der Waals surface area contributed by atoms with Gasteiger partial charge in [-0.15, -0.1) is 5.10 Å². The normalized spacial score (nSPS) is 16.7. The molecule has 0 fully saturated rings. The second-order valence-corrected chi connectivity index (χ2v) is 6.34. The van der Waals surface area contributed by atoms with Crippen LogP contribution < -0.4 is 5.32 Å². The molecule has 1 aliphatic heterocycles. The lowest BCUT2D eigenvalue weighted by Crippen LogP contribution is -2.28. The fraction of sp³-hybridized carbons (Fsp3) is 0.588. The van der Waals surface area contributed by atoms with Crippen LogP contribution in [0.3, 0.4) is 0 Å². The van der Waals surface area contributed by atoms with Gasteiger partial charge in [0.05, 0.1) is 31.1 Å². The summed E-state index contributed by atoms with van der Waals surface area (Å²) in [5.41, 5.74) is 2.06. The summed E-state index contributed by atoms with van der Waals surface area (Å²) >= 11 is 0. The average molecular weight is 404 g/mol. The van der Waals surface area contributed by atoms with Gasteiger partial charge in [-0.25, -0.2) is 9.48 Å². The number of aryl methyl sites for hydroxylation is 2. The summed E-state index contributed by atoms with van der Waals surface area (Å²) in [5.74, 6) is -0.341. The fourth-order valence-electron chi connectivity index (χ4n) is 2.60. The molecule has 0 bridgehead atoms. The van der Waals surface area contributed by atoms with Crippen LogP contribution in [0.2, 0.25) is 0 Å². The first-order chi connectivity index (χ1) is 13.2. The fourth-order valence-corrected chi connectivity index (χ4v) is 2.60. The summed E-state index contributed by atoms with van der Waals surface area (Å²) in [6.45, 7) is 7.89. The zero-order valence-electron chi connectivity index (χ0n) is 15.6. The summed E-state index contributed by atoms with van der Waals surface area (Å²) in [4.78, 5) is 8.90. The quantitative estimate of drug-likeness (QED) is 0.788. The number of aromatic nitrogens is 3. The lowest BCUT2D eigenvalue weighted by atomic mass is 10.1. The van der Waals surface area contributed by atoms with Gasteiger partial charge in [0.1, 0.15) is 11.5 Å². The molecule has 0 aromatic carbocycles. The number of furan rings is 1. The number of nitrogens with one attached hydrogen (secondary N) is 1. The predicted octanol–water partition coefficient (Wildman–Crippen LogP) is 2.31. The van der Waals surface area contributed by atoms with Crippen LogP contribution in [0.15, 0.2) is 16.5 Å². The summed E-state index contributed by atoms with van der Waals surface area (Å²) < 4.78 is 45.1. The largest absolute Gasteiger partial charge is 0.490 e. The van der Waals surface area contributed by atoms with Crippen LogP contribution in [0.4, 0.5) is 13.2 Å². The molecule has 0 saturated heterocycles. The molecule has 1 atom stereocenters. The summed E-state index contributed by atoms with van der Waals surface area (Å²) in [6.07, 6.45) is -4.15. The molecule has 0 spiro atoms. The Labute approximate surface area is 159 Å². The van der Waals surface area contributed by atoms with Crippen molar-refractivity contribution in [3.05, 3.63) is 35.0 Å². The highest BCUT2D eigenvalue weighted by Gasteiger charge is 2.38. The topological polar surface area (TPSA) is 102 Å². The average Bonchev–Trinajstić information content (AvgIpc) is 3.16. The van der Waals surface area contributed by atoms with Crippen LogP contribution in [0, 0.1) is 12.8 Å². The highest BCUT2D eigenvalue weighted by atomic mass is 19.4. The van der Waals surface area contributed by atoms with Gasteiger partial charge in [0.2, 0.25) is 0 Å². The Kier molecular flexibility index (Phi) is 7.58. The molecule has 11 heteroatoms. The van der Waals surface area contributed by atoms with Gasteiger partial charge < -0.3 is 19.6 Å². The zero-order valence-corrected chi connectivity index (χ0v) is 15.6. The Bertz CT molecular complexity index is 773. The molecule has 0 saturated carbocycles. The molecule has 1 aliphatic rings. The van der Waals surface area contributed by atoms with Crippen LogP contribution in [0.1, 0.15) is 29.8 Å². The van der Waals surface area contributed by atoms with E-state index in [1.165, 1.54) is 0 Å². The maximum Gasteiger partial charge on any atom is 0.490 e. The summed E-state index contributed by atoms with van der Waals surface area (Å²) in [6, 6.07) is 4.07. The molecule has 2 aromatic rings. The highest BCUT2D eigenvalue weighted by Crippen LogP contribution is 2.15. The van der Waals surface area contributed by atoms with Crippen molar-refractivity contribution in [3.8, 4) is 0 Å². The van der Waals surface area contributed by atoms with E-state index in [-0.39, 0.29) is 0 Å². The van der Waals surface area contributed by atoms with E-state index in [0.717, 1.165) is 55.6 Å². The molecule has 28 heavy (non-hydrogen) atoms. The number of fused-ring (bicyclic) bond motifs is 1. The van der Waals surface area contributed by atoms with E-state index in [4.69, 9.17) is 19.1 Å². The van der Waals surface area contributed by atoms with Gasteiger partial charge in [-0.2, -0.15) is 13.2 Å². The predicted molar refractivity (Wildman–Crippen MR) is 91.4 cm³/mol. The first-order valence-electron chi connectivity index (χ1n) is 8.75. The number of hydrogen-bond acceptors (Lipinski definition) is 6. The molecular formula is C17H23F3N4O4. The molecule has 8 nitrogen and oxygen atoms in total. The number of ether oxygens (including phenoxy) is 1. The van der Waals surface area contributed by atoms with Crippen molar-refractivity contribution in [2.24, 2.45) is 5.92 Å². The molecule has 2 N–H and O–H groups in total. The third-order valence-electron chi connectivity index (χ3n) is 4.10. The van der Waals surface area contributed by atoms with E-state index in [1.807, 2.05) is 23.7 Å². The molecule has 1 unspecified atom stereocenters. The van der Waals surface area contributed by atoms with Crippen LogP contribution in [-0.4, -0.2) is 45.4 Å². The Hall–Kier alpha value is -2.40. The zero-order chi connectivity index (χ0) is 20.7. The second kappa shape index (κ2) is 9.69. The Balaban J connectivity index is 0.000000345. The van der Waals surface area contributed by atoms with E-state index >= 15 is 0 Å². The van der Waals surface area contributed by atoms with Crippen molar-refractivity contribution in [3.63, 3.8) is 0 Å². The maximum atomic E-state index is 10.6. The van der Waals surface area contributed by atoms with Crippen molar-refractivity contribution < 1.29 is 32.2 Å². The third-order valence-corrected chi connectivity index (χ3v) is 4.10. The van der Waals surface area contributed by atoms with Crippen molar-refractivity contribution in [1.82, 2.24) is 20.3 Å². The second-order valence-electron chi connectivity index (χ2n) is 6.34. The SMILES string of the molecule is CCc1ccc(CNCC2COCc3c(C)nnn3C2)o1.O=C(O)C(F)(F)F. The standard InChI is InChI=1S/C15H22N4O2.C2HF3O2/c1-3-13-4-5-14(21-13)7-16-6-12-8-19-15(10-20-9-12)11(2)17-18-19;3-2(4,5)1(6)7/h4-5,12,16H,3,6-10H2,1-2H3;(H,6,7). The number of carboxylic acid groups (broad SMARTS) is 1. The minimum absolute atomic E-state index is 0.396. The molecule has 0 amide bonds. The number of nitrogens with zero attached hydrogens (tertiary/aromatic N) is 3. The van der Waals surface area contributed by atoms with E-state index in [1.54, 1.807) is 0 Å². The minimum Gasteiger partial charge on any atom is -0.475 e. The van der Waals surface area contributed by atoms with Crippen LogP contribution in [0.5, 0.6) is 0 Å². The molecule has 2 aromatic heterocycles. The van der Waals surface area contributed by atoms with Gasteiger partial charge in [-0.05, 0) is 19.1 Å². The van der Waals surface area contributed by atoms with Crippen LogP contribution in [-0.2, 0) is 35.6 Å². The van der Waals surface area contributed by atoms with E-state index < -0.39 is 12.1 Å². The maximum absolute atomic E-state index is 10.6. The molecule has 156 valence electrons. The van der Waals surface area contributed by atoms with Gasteiger partial charge >= 0.3 is 12.1 Å². The number of hydrogen-bond donors (Lipinski definition) is 2. The highest BCUT2D eigenvalue weighted by molar-refractivity contribution is 5.73. The Morgan fingerprint density at radius 3 is 2.68 bits per heavy atom. The number of halogens is 3. The van der Waals surface area contributed by atoms with Gasteiger partial charge in [-0.1, -0.05) is 12.1 Å². The van der Waals surface area contributed by atoms with E-state index in [2.05, 4.69) is 22.6 Å². The molecule has 0 radical (unpaired) electrons. The van der Waals surface area contributed by atoms with Crippen LogP contribution >= 0.6 is 0 Å². The monoisotopic (exact) mass is 404 g/mol.